The maximum atomic E-state index is 11.9. The zero-order valence-corrected chi connectivity index (χ0v) is 9.79. The van der Waals surface area contributed by atoms with Gasteiger partial charge in [-0.2, -0.15) is 13.2 Å². The maximum absolute atomic E-state index is 11.9. The van der Waals surface area contributed by atoms with Crippen LogP contribution in [0.3, 0.4) is 0 Å². The summed E-state index contributed by atoms with van der Waals surface area (Å²) in [5.74, 6) is 0.262. The van der Waals surface area contributed by atoms with E-state index in [4.69, 9.17) is 11.6 Å². The smallest absolute Gasteiger partial charge is 0.422 e. The van der Waals surface area contributed by atoms with E-state index in [0.29, 0.717) is 5.56 Å². The Bertz CT molecular complexity index is 341. The van der Waals surface area contributed by atoms with E-state index in [1.165, 1.54) is 6.07 Å². The fourth-order valence-corrected chi connectivity index (χ4v) is 1.57. The van der Waals surface area contributed by atoms with Crippen LogP contribution in [0.4, 0.5) is 13.2 Å². The van der Waals surface area contributed by atoms with E-state index in [1.807, 2.05) is 0 Å². The van der Waals surface area contributed by atoms with Gasteiger partial charge >= 0.3 is 6.18 Å². The maximum Gasteiger partial charge on any atom is 0.422 e. The van der Waals surface area contributed by atoms with Crippen LogP contribution in [0.15, 0.2) is 22.7 Å². The van der Waals surface area contributed by atoms with Crippen LogP contribution in [0.5, 0.6) is 5.75 Å². The molecule has 1 rings (SSSR count). The van der Waals surface area contributed by atoms with Crippen LogP contribution < -0.4 is 4.74 Å². The van der Waals surface area contributed by atoms with Gasteiger partial charge in [0.15, 0.2) is 6.61 Å². The third-order valence-electron chi connectivity index (χ3n) is 1.56. The van der Waals surface area contributed by atoms with Gasteiger partial charge in [0.05, 0.1) is 5.88 Å². The summed E-state index contributed by atoms with van der Waals surface area (Å²) in [4.78, 5) is 0. The van der Waals surface area contributed by atoms with Crippen molar-refractivity contribution in [3.8, 4) is 5.75 Å². The number of ether oxygens (including phenoxy) is 1. The van der Waals surface area contributed by atoms with Gasteiger partial charge < -0.3 is 4.74 Å². The Labute approximate surface area is 98.3 Å². The molecule has 0 fully saturated rings. The molecule has 15 heavy (non-hydrogen) atoms. The van der Waals surface area contributed by atoms with Crippen LogP contribution in [-0.4, -0.2) is 12.8 Å². The average molecular weight is 304 g/mol. The molecule has 0 aliphatic rings. The molecule has 0 amide bonds. The number of rotatable bonds is 3. The van der Waals surface area contributed by atoms with Crippen molar-refractivity contribution in [2.24, 2.45) is 0 Å². The number of alkyl halides is 4. The first-order chi connectivity index (χ1) is 6.92. The molecule has 1 nitrogen and oxygen atoms in total. The van der Waals surface area contributed by atoms with Gasteiger partial charge in [-0.25, -0.2) is 0 Å². The van der Waals surface area contributed by atoms with Crippen LogP contribution in [0, 0.1) is 0 Å². The Hall–Kier alpha value is -0.420. The second kappa shape index (κ2) is 5.07. The van der Waals surface area contributed by atoms with Gasteiger partial charge in [-0.15, -0.1) is 11.6 Å². The van der Waals surface area contributed by atoms with Crippen molar-refractivity contribution in [3.05, 3.63) is 28.2 Å². The number of benzene rings is 1. The van der Waals surface area contributed by atoms with Gasteiger partial charge in [-0.3, -0.25) is 0 Å². The zero-order chi connectivity index (χ0) is 11.5. The topological polar surface area (TPSA) is 9.23 Å². The van der Waals surface area contributed by atoms with Crippen LogP contribution in [0.1, 0.15) is 5.56 Å². The fourth-order valence-electron chi connectivity index (χ4n) is 0.953. The largest absolute Gasteiger partial charge is 0.484 e. The third-order valence-corrected chi connectivity index (χ3v) is 2.34. The van der Waals surface area contributed by atoms with E-state index < -0.39 is 12.8 Å². The Morgan fingerprint density at radius 3 is 2.53 bits per heavy atom. The molecule has 0 heterocycles. The third kappa shape index (κ3) is 4.30. The monoisotopic (exact) mass is 302 g/mol. The summed E-state index contributed by atoms with van der Waals surface area (Å²) in [5, 5.41) is 0. The van der Waals surface area contributed by atoms with Gasteiger partial charge in [0.25, 0.3) is 0 Å². The van der Waals surface area contributed by atoms with Crippen LogP contribution in [0.2, 0.25) is 0 Å². The van der Waals surface area contributed by atoms with Crippen LogP contribution in [-0.2, 0) is 5.88 Å². The van der Waals surface area contributed by atoms with E-state index in [1.54, 1.807) is 12.1 Å². The molecule has 0 aliphatic heterocycles. The molecular weight excluding hydrogens is 296 g/mol. The summed E-state index contributed by atoms with van der Waals surface area (Å²) >= 11 is 8.76. The Morgan fingerprint density at radius 1 is 1.33 bits per heavy atom. The summed E-state index contributed by atoms with van der Waals surface area (Å²) < 4.78 is 41.0. The predicted molar refractivity (Wildman–Crippen MR) is 55.2 cm³/mol. The molecule has 0 saturated carbocycles. The van der Waals surface area contributed by atoms with Gasteiger partial charge in [0.2, 0.25) is 0 Å². The molecule has 0 N–H and O–H groups in total. The highest BCUT2D eigenvalue weighted by molar-refractivity contribution is 9.10. The van der Waals surface area contributed by atoms with Gasteiger partial charge in [0.1, 0.15) is 5.75 Å². The van der Waals surface area contributed by atoms with Crippen molar-refractivity contribution in [1.82, 2.24) is 0 Å². The predicted octanol–water partition coefficient (Wildman–Crippen LogP) is 4.13. The van der Waals surface area contributed by atoms with Crippen molar-refractivity contribution < 1.29 is 17.9 Å². The first-order valence-electron chi connectivity index (χ1n) is 3.96. The number of hydrogen-bond donors (Lipinski definition) is 0. The van der Waals surface area contributed by atoms with Crippen molar-refractivity contribution in [1.29, 1.82) is 0 Å². The average Bonchev–Trinajstić information content (AvgIpc) is 2.14. The van der Waals surface area contributed by atoms with Crippen LogP contribution >= 0.6 is 27.5 Å². The minimum absolute atomic E-state index is 0.104. The highest BCUT2D eigenvalue weighted by Gasteiger charge is 2.28. The second-order valence-electron chi connectivity index (χ2n) is 2.79. The van der Waals surface area contributed by atoms with Gasteiger partial charge in [0, 0.05) is 10.0 Å². The standard InChI is InChI=1S/C9H7BrClF3O/c10-7-1-2-8(6(3-7)4-11)15-5-9(12,13)14/h1-3H,4-5H2. The molecule has 0 radical (unpaired) electrons. The zero-order valence-electron chi connectivity index (χ0n) is 7.44. The molecule has 0 spiro atoms. The Balaban J connectivity index is 2.76. The summed E-state index contributed by atoms with van der Waals surface area (Å²) in [7, 11) is 0. The van der Waals surface area contributed by atoms with Crippen molar-refractivity contribution >= 4 is 27.5 Å². The molecule has 0 unspecified atom stereocenters. The van der Waals surface area contributed by atoms with Crippen LogP contribution in [0.25, 0.3) is 0 Å². The lowest BCUT2D eigenvalue weighted by molar-refractivity contribution is -0.153. The molecular formula is C9H7BrClF3O. The summed E-state index contributed by atoms with van der Waals surface area (Å²) in [6, 6.07) is 4.67. The van der Waals surface area contributed by atoms with E-state index in [-0.39, 0.29) is 11.6 Å². The first kappa shape index (κ1) is 12.6. The van der Waals surface area contributed by atoms with Crippen molar-refractivity contribution in [2.75, 3.05) is 6.61 Å². The SMILES string of the molecule is FC(F)(F)COc1ccc(Br)cc1CCl. The summed E-state index contributed by atoms with van der Waals surface area (Å²) in [6.07, 6.45) is -4.34. The summed E-state index contributed by atoms with van der Waals surface area (Å²) in [6.45, 7) is -1.31. The fraction of sp³-hybridized carbons (Fsp3) is 0.333. The van der Waals surface area contributed by atoms with Gasteiger partial charge in [-0.1, -0.05) is 15.9 Å². The lowest BCUT2D eigenvalue weighted by Crippen LogP contribution is -2.19. The van der Waals surface area contributed by atoms with E-state index in [0.717, 1.165) is 4.47 Å². The second-order valence-corrected chi connectivity index (χ2v) is 3.97. The number of halogens is 5. The van der Waals surface area contributed by atoms with Gasteiger partial charge in [-0.05, 0) is 18.2 Å². The summed E-state index contributed by atoms with van der Waals surface area (Å²) in [5.41, 5.74) is 0.523. The Kier molecular flexibility index (Phi) is 4.28. The molecule has 0 bridgehead atoms. The molecule has 0 aliphatic carbocycles. The first-order valence-corrected chi connectivity index (χ1v) is 5.29. The normalized spacial score (nSPS) is 11.5. The molecule has 84 valence electrons. The highest BCUT2D eigenvalue weighted by atomic mass is 79.9. The van der Waals surface area contributed by atoms with E-state index in [2.05, 4.69) is 20.7 Å². The minimum atomic E-state index is -4.34. The molecule has 1 aromatic rings. The molecule has 0 saturated heterocycles. The molecule has 6 heteroatoms. The molecule has 1 aromatic carbocycles. The van der Waals surface area contributed by atoms with E-state index >= 15 is 0 Å². The lowest BCUT2D eigenvalue weighted by atomic mass is 10.2. The highest BCUT2D eigenvalue weighted by Crippen LogP contribution is 2.26. The minimum Gasteiger partial charge on any atom is -0.484 e. The van der Waals surface area contributed by atoms with Crippen molar-refractivity contribution in [3.63, 3.8) is 0 Å². The number of hydrogen-bond acceptors (Lipinski definition) is 1. The molecule has 0 aromatic heterocycles. The Morgan fingerprint density at radius 2 is 2.00 bits per heavy atom. The quantitative estimate of drug-likeness (QED) is 0.763. The lowest BCUT2D eigenvalue weighted by Gasteiger charge is -2.12. The van der Waals surface area contributed by atoms with E-state index in [9.17, 15) is 13.2 Å². The van der Waals surface area contributed by atoms with Crippen molar-refractivity contribution in [2.45, 2.75) is 12.1 Å². The molecule has 0 atom stereocenters.